The van der Waals surface area contributed by atoms with Gasteiger partial charge in [0, 0.05) is 32.5 Å². The van der Waals surface area contributed by atoms with Crippen LogP contribution in [0, 0.1) is 46.3 Å². The number of ether oxygens (including phenoxy) is 1. The van der Waals surface area contributed by atoms with Crippen LogP contribution in [0.15, 0.2) is 11.6 Å². The number of nitrogens with one attached hydrogen (secondary N) is 2. The Bertz CT molecular complexity index is 1340. The first-order chi connectivity index (χ1) is 29.9. The third kappa shape index (κ3) is 16.4. The van der Waals surface area contributed by atoms with Crippen LogP contribution < -0.4 is 16.4 Å². The van der Waals surface area contributed by atoms with Gasteiger partial charge in [-0.25, -0.2) is 4.79 Å². The lowest BCUT2D eigenvalue weighted by Crippen LogP contribution is -2.51. The first-order valence-corrected chi connectivity index (χ1v) is 26.8. The highest BCUT2D eigenvalue weighted by atomic mass is 16.6. The first-order valence-electron chi connectivity index (χ1n) is 26.8. The van der Waals surface area contributed by atoms with Crippen molar-refractivity contribution in [2.75, 3.05) is 32.7 Å². The van der Waals surface area contributed by atoms with E-state index in [-0.39, 0.29) is 36.0 Å². The number of hydrogen-bond acceptors (Lipinski definition) is 5. The summed E-state index contributed by atoms with van der Waals surface area (Å²) in [5, 5.41) is 6.01. The molecule has 3 fully saturated rings. The quantitative estimate of drug-likeness (QED) is 0.0474. The van der Waals surface area contributed by atoms with Crippen molar-refractivity contribution in [1.82, 2.24) is 15.5 Å². The van der Waals surface area contributed by atoms with Crippen molar-refractivity contribution in [2.24, 2.45) is 52.1 Å². The Morgan fingerprint density at radius 1 is 0.758 bits per heavy atom. The Balaban J connectivity index is 1.12. The van der Waals surface area contributed by atoms with Gasteiger partial charge in [0.25, 0.3) is 0 Å². The number of nitrogens with two attached hydrogens (primary N) is 1. The number of allylic oxidation sites excluding steroid dienone is 1. The molecule has 8 nitrogen and oxygen atoms in total. The summed E-state index contributed by atoms with van der Waals surface area (Å²) >= 11 is 0. The number of amides is 3. The summed E-state index contributed by atoms with van der Waals surface area (Å²) in [6, 6.07) is 0. The number of rotatable bonds is 31. The third-order valence-corrected chi connectivity index (χ3v) is 16.8. The molecule has 8 heteroatoms. The lowest BCUT2D eigenvalue weighted by Gasteiger charge is -2.58. The minimum Gasteiger partial charge on any atom is -0.446 e. The average molecular weight is 867 g/mol. The van der Waals surface area contributed by atoms with Gasteiger partial charge in [0.1, 0.15) is 6.10 Å². The van der Waals surface area contributed by atoms with Crippen LogP contribution in [0.2, 0.25) is 0 Å². The predicted octanol–water partition coefficient (Wildman–Crippen LogP) is 13.1. The Hall–Kier alpha value is -2.09. The zero-order chi connectivity index (χ0) is 44.8. The van der Waals surface area contributed by atoms with E-state index in [4.69, 9.17) is 10.5 Å². The van der Waals surface area contributed by atoms with E-state index < -0.39 is 0 Å². The molecule has 0 aliphatic heterocycles. The van der Waals surface area contributed by atoms with Crippen LogP contribution in [-0.2, 0) is 14.3 Å². The van der Waals surface area contributed by atoms with E-state index in [0.29, 0.717) is 38.0 Å². The summed E-state index contributed by atoms with van der Waals surface area (Å²) < 4.78 is 6.06. The molecular weight excluding hydrogens is 769 g/mol. The van der Waals surface area contributed by atoms with E-state index in [1.165, 1.54) is 109 Å². The fourth-order valence-corrected chi connectivity index (χ4v) is 13.0. The van der Waals surface area contributed by atoms with Crippen LogP contribution in [-0.4, -0.2) is 61.6 Å². The van der Waals surface area contributed by atoms with Crippen LogP contribution in [0.4, 0.5) is 4.79 Å². The molecule has 0 aromatic heterocycles. The fourth-order valence-electron chi connectivity index (χ4n) is 13.0. The van der Waals surface area contributed by atoms with Crippen molar-refractivity contribution < 1.29 is 19.1 Å². The molecule has 0 bridgehead atoms. The zero-order valence-corrected chi connectivity index (χ0v) is 41.3. The maximum Gasteiger partial charge on any atom is 0.407 e. The molecule has 0 aromatic carbocycles. The highest BCUT2D eigenvalue weighted by Crippen LogP contribution is 2.67. The molecule has 3 saturated carbocycles. The van der Waals surface area contributed by atoms with Crippen molar-refractivity contribution in [3.63, 3.8) is 0 Å². The fraction of sp³-hybridized carbons (Fsp3) is 0.907. The SMILES string of the molecule is CCCCCCCCCCCCCC(=O)N(CCCCCCNC(=O)O[C@H]1CC[C@@]2(C)C(=CC[C@H]3[C@@H]4CC[C@H]([C@H](C)CCCC(C)C)[C@@]4(C)CC[C@@H]32)C1)CC(=O)NCCCCN. The molecule has 4 aliphatic rings. The van der Waals surface area contributed by atoms with Gasteiger partial charge < -0.3 is 26.0 Å². The van der Waals surface area contributed by atoms with Gasteiger partial charge >= 0.3 is 6.09 Å². The molecule has 0 unspecified atom stereocenters. The third-order valence-electron chi connectivity index (χ3n) is 16.8. The smallest absolute Gasteiger partial charge is 0.407 e. The number of carbonyl (C=O) groups is 3. The molecule has 0 spiro atoms. The summed E-state index contributed by atoms with van der Waals surface area (Å²) in [5.74, 6) is 5.00. The lowest BCUT2D eigenvalue weighted by atomic mass is 9.47. The molecule has 62 heavy (non-hydrogen) atoms. The highest BCUT2D eigenvalue weighted by molar-refractivity contribution is 5.84. The molecule has 4 rings (SSSR count). The van der Waals surface area contributed by atoms with Gasteiger partial charge in [-0.2, -0.15) is 0 Å². The van der Waals surface area contributed by atoms with Gasteiger partial charge in [0.15, 0.2) is 0 Å². The monoisotopic (exact) mass is 867 g/mol. The number of fused-ring (bicyclic) bond motifs is 5. The molecule has 4 aliphatic carbocycles. The second kappa shape index (κ2) is 28.1. The van der Waals surface area contributed by atoms with Crippen molar-refractivity contribution in [3.8, 4) is 0 Å². The van der Waals surface area contributed by atoms with Crippen LogP contribution in [0.1, 0.15) is 228 Å². The zero-order valence-electron chi connectivity index (χ0n) is 41.3. The van der Waals surface area contributed by atoms with E-state index in [0.717, 1.165) is 106 Å². The second-order valence-corrected chi connectivity index (χ2v) is 21.8. The number of alkyl carbamates (subject to hydrolysis) is 1. The van der Waals surface area contributed by atoms with E-state index in [1.807, 2.05) is 0 Å². The normalized spacial score (nSPS) is 27.2. The minimum atomic E-state index is -0.280. The molecule has 0 saturated heterocycles. The largest absolute Gasteiger partial charge is 0.446 e. The molecule has 4 N–H and O–H groups in total. The van der Waals surface area contributed by atoms with Gasteiger partial charge in [0.05, 0.1) is 6.54 Å². The minimum absolute atomic E-state index is 0.0335. The van der Waals surface area contributed by atoms with Crippen LogP contribution in [0.5, 0.6) is 0 Å². The molecule has 358 valence electrons. The summed E-state index contributed by atoms with van der Waals surface area (Å²) in [6.07, 6.45) is 35.9. The summed E-state index contributed by atoms with van der Waals surface area (Å²) in [6.45, 7) is 17.3. The molecule has 0 heterocycles. The Morgan fingerprint density at radius 2 is 1.42 bits per heavy atom. The summed E-state index contributed by atoms with van der Waals surface area (Å²) in [4.78, 5) is 40.7. The van der Waals surface area contributed by atoms with Crippen LogP contribution in [0.3, 0.4) is 0 Å². The Kier molecular flexibility index (Phi) is 23.8. The molecular formula is C54H98N4O4. The number of hydrogen-bond donors (Lipinski definition) is 3. The topological polar surface area (TPSA) is 114 Å². The predicted molar refractivity (Wildman–Crippen MR) is 259 cm³/mol. The van der Waals surface area contributed by atoms with Gasteiger partial charge in [0.2, 0.25) is 11.8 Å². The van der Waals surface area contributed by atoms with E-state index in [1.54, 1.807) is 10.5 Å². The number of unbranched alkanes of at least 4 members (excludes halogenated alkanes) is 14. The molecule has 0 radical (unpaired) electrons. The van der Waals surface area contributed by atoms with Crippen molar-refractivity contribution in [2.45, 2.75) is 234 Å². The Morgan fingerprint density at radius 3 is 2.13 bits per heavy atom. The summed E-state index contributed by atoms with van der Waals surface area (Å²) in [5.41, 5.74) is 7.94. The maximum absolute atomic E-state index is 13.3. The van der Waals surface area contributed by atoms with Crippen molar-refractivity contribution in [1.29, 1.82) is 0 Å². The van der Waals surface area contributed by atoms with Gasteiger partial charge in [-0.3, -0.25) is 9.59 Å². The van der Waals surface area contributed by atoms with Crippen molar-refractivity contribution in [3.05, 3.63) is 11.6 Å². The van der Waals surface area contributed by atoms with Gasteiger partial charge in [-0.1, -0.05) is 150 Å². The van der Waals surface area contributed by atoms with E-state index in [2.05, 4.69) is 58.3 Å². The van der Waals surface area contributed by atoms with Gasteiger partial charge in [-0.05, 0) is 130 Å². The second-order valence-electron chi connectivity index (χ2n) is 21.8. The maximum atomic E-state index is 13.3. The number of carbonyl (C=O) groups excluding carboxylic acids is 3. The first kappa shape index (κ1) is 52.5. The Labute approximate surface area is 381 Å². The molecule has 0 aromatic rings. The number of nitrogens with zero attached hydrogens (tertiary/aromatic N) is 1. The lowest BCUT2D eigenvalue weighted by molar-refractivity contribution is -0.136. The van der Waals surface area contributed by atoms with Crippen LogP contribution >= 0.6 is 0 Å². The van der Waals surface area contributed by atoms with Gasteiger partial charge in [-0.15, -0.1) is 0 Å². The molecule has 3 amide bonds. The van der Waals surface area contributed by atoms with Crippen LogP contribution in [0.25, 0.3) is 0 Å². The standard InChI is InChI=1S/C54H98N4O4/c1-7-8-9-10-11-12-13-14-15-16-19-27-51(60)58(41-50(59)56-37-22-20-36-55)39-23-18-17-21-38-57-52(61)62-45-32-34-53(5)44(40-45)28-29-46-48-31-30-47(43(4)26-24-25-42(2)3)54(48,6)35-33-49(46)53/h28,42-43,45-49H,7-27,29-41,55H2,1-6H3,(H,56,59)(H,57,61)/t43-,45+,46+,47-,48+,49+,53+,54-/m1/s1. The molecule has 8 atom stereocenters. The van der Waals surface area contributed by atoms with E-state index >= 15 is 0 Å². The summed E-state index contributed by atoms with van der Waals surface area (Å²) in [7, 11) is 0. The average Bonchev–Trinajstić information content (AvgIpc) is 3.60. The highest BCUT2D eigenvalue weighted by Gasteiger charge is 2.59. The van der Waals surface area contributed by atoms with E-state index in [9.17, 15) is 14.4 Å². The van der Waals surface area contributed by atoms with Crippen molar-refractivity contribution >= 4 is 17.9 Å².